The number of carboxylic acids is 1. The average molecular weight is 453 g/mol. The summed E-state index contributed by atoms with van der Waals surface area (Å²) in [5.74, 6) is -2.00. The lowest BCUT2D eigenvalue weighted by Crippen LogP contribution is -2.37. The summed E-state index contributed by atoms with van der Waals surface area (Å²) in [5.41, 5.74) is 0.355. The molecule has 8 heteroatoms. The van der Waals surface area contributed by atoms with Crippen LogP contribution in [0.4, 0.5) is 0 Å². The molecule has 7 nitrogen and oxygen atoms in total. The van der Waals surface area contributed by atoms with Crippen LogP contribution >= 0.6 is 22.6 Å². The quantitative estimate of drug-likeness (QED) is 0.479. The van der Waals surface area contributed by atoms with Gasteiger partial charge in [-0.1, -0.05) is 12.1 Å². The smallest absolute Gasteiger partial charge is 0.267 e. The second-order valence-corrected chi connectivity index (χ2v) is 6.05. The predicted octanol–water partition coefficient (Wildman–Crippen LogP) is 0.911. The number of hydrogen-bond acceptors (Lipinski definition) is 5. The summed E-state index contributed by atoms with van der Waals surface area (Å²) in [5, 5.41) is 15.4. The van der Waals surface area contributed by atoms with Crippen LogP contribution in [0.1, 0.15) is 22.5 Å². The van der Waals surface area contributed by atoms with Gasteiger partial charge in [-0.3, -0.25) is 9.59 Å². The van der Waals surface area contributed by atoms with Gasteiger partial charge in [0.05, 0.1) is 11.8 Å². The maximum Gasteiger partial charge on any atom is 0.267 e. The fourth-order valence-corrected chi connectivity index (χ4v) is 2.51. The van der Waals surface area contributed by atoms with Crippen LogP contribution in [0.25, 0.3) is 6.08 Å². The Bertz CT molecular complexity index is 799. The van der Waals surface area contributed by atoms with Crippen LogP contribution in [0.15, 0.2) is 52.8 Å². The van der Waals surface area contributed by atoms with Gasteiger partial charge in [-0.25, -0.2) is 0 Å². The van der Waals surface area contributed by atoms with Crippen molar-refractivity contribution in [2.45, 2.75) is 6.42 Å². The molecule has 0 spiro atoms. The van der Waals surface area contributed by atoms with E-state index >= 15 is 0 Å². The molecule has 130 valence electrons. The number of amides is 2. The largest absolute Gasteiger partial charge is 0.550 e. The minimum absolute atomic E-state index is 0.0575. The van der Waals surface area contributed by atoms with Gasteiger partial charge in [0.1, 0.15) is 11.5 Å². The van der Waals surface area contributed by atoms with Crippen molar-refractivity contribution in [3.63, 3.8) is 0 Å². The molecular weight excluding hydrogens is 439 g/mol. The van der Waals surface area contributed by atoms with E-state index in [9.17, 15) is 19.5 Å². The van der Waals surface area contributed by atoms with Gasteiger partial charge in [-0.2, -0.15) is 0 Å². The fourth-order valence-electron chi connectivity index (χ4n) is 1.88. The Kier molecular flexibility index (Phi) is 6.75. The molecule has 1 aromatic carbocycles. The van der Waals surface area contributed by atoms with Crippen LogP contribution in [-0.2, 0) is 9.59 Å². The average Bonchev–Trinajstić information content (AvgIpc) is 3.07. The van der Waals surface area contributed by atoms with Crippen LogP contribution < -0.4 is 15.7 Å². The van der Waals surface area contributed by atoms with Gasteiger partial charge in [-0.05, 0) is 46.9 Å². The predicted molar refractivity (Wildman–Crippen MR) is 95.9 cm³/mol. The van der Waals surface area contributed by atoms with Crippen molar-refractivity contribution < 1.29 is 23.9 Å². The van der Waals surface area contributed by atoms with E-state index in [2.05, 4.69) is 10.6 Å². The molecule has 1 heterocycles. The number of carbonyl (C=O) groups excluding carboxylic acids is 3. The molecule has 0 unspecified atom stereocenters. The monoisotopic (exact) mass is 453 g/mol. The van der Waals surface area contributed by atoms with Crippen LogP contribution in [-0.4, -0.2) is 24.3 Å². The van der Waals surface area contributed by atoms with E-state index in [1.54, 1.807) is 36.4 Å². The molecule has 1 aromatic heterocycles. The molecule has 0 aliphatic carbocycles. The molecule has 0 aliphatic heterocycles. The van der Waals surface area contributed by atoms with E-state index in [-0.39, 0.29) is 18.7 Å². The van der Waals surface area contributed by atoms with Crippen LogP contribution in [0.3, 0.4) is 0 Å². The molecule has 0 saturated carbocycles. The van der Waals surface area contributed by atoms with E-state index in [0.29, 0.717) is 11.3 Å². The van der Waals surface area contributed by atoms with Gasteiger partial charge >= 0.3 is 0 Å². The molecule has 2 amide bonds. The van der Waals surface area contributed by atoms with Crippen molar-refractivity contribution in [3.8, 4) is 0 Å². The first kappa shape index (κ1) is 18.7. The number of rotatable bonds is 7. The number of halogens is 1. The lowest BCUT2D eigenvalue weighted by atomic mass is 10.2. The standard InChI is InChI=1S/C17H15IN2O5/c18-13-6-2-1-5-12(13)16(23)20-14(10-11-4-3-9-25-11)17(24)19-8-7-15(21)22/h1-6,9-10H,7-8H2,(H,19,24)(H,20,23)(H,21,22)/p-1/b14-10+. The molecular formula is C17H14IN2O5-. The highest BCUT2D eigenvalue weighted by molar-refractivity contribution is 14.1. The fraction of sp³-hybridized carbons (Fsp3) is 0.118. The van der Waals surface area contributed by atoms with Crippen LogP contribution in [0.2, 0.25) is 0 Å². The van der Waals surface area contributed by atoms with Gasteiger partial charge < -0.3 is 25.0 Å². The highest BCUT2D eigenvalue weighted by Crippen LogP contribution is 2.13. The van der Waals surface area contributed by atoms with Gasteiger partial charge in [0.15, 0.2) is 0 Å². The Morgan fingerprint density at radius 3 is 2.56 bits per heavy atom. The van der Waals surface area contributed by atoms with Gasteiger partial charge in [0, 0.05) is 28.6 Å². The van der Waals surface area contributed by atoms with Crippen molar-refractivity contribution in [3.05, 3.63) is 63.3 Å². The number of carbonyl (C=O) groups is 3. The molecule has 2 aromatic rings. The third-order valence-electron chi connectivity index (χ3n) is 3.06. The molecule has 0 saturated heterocycles. The zero-order valence-electron chi connectivity index (χ0n) is 13.0. The molecule has 25 heavy (non-hydrogen) atoms. The Morgan fingerprint density at radius 1 is 1.16 bits per heavy atom. The Morgan fingerprint density at radius 2 is 1.92 bits per heavy atom. The highest BCUT2D eigenvalue weighted by atomic mass is 127. The first-order valence-electron chi connectivity index (χ1n) is 7.26. The molecule has 2 rings (SSSR count). The first-order valence-corrected chi connectivity index (χ1v) is 8.34. The molecule has 2 N–H and O–H groups in total. The zero-order valence-corrected chi connectivity index (χ0v) is 15.1. The van der Waals surface area contributed by atoms with E-state index in [1.165, 1.54) is 12.3 Å². The van der Waals surface area contributed by atoms with E-state index in [0.717, 1.165) is 3.57 Å². The minimum Gasteiger partial charge on any atom is -0.550 e. The number of aliphatic carboxylic acids is 1. The highest BCUT2D eigenvalue weighted by Gasteiger charge is 2.16. The zero-order chi connectivity index (χ0) is 18.2. The number of furan rings is 1. The van der Waals surface area contributed by atoms with Crippen LogP contribution in [0, 0.1) is 3.57 Å². The third kappa shape index (κ3) is 5.75. The maximum atomic E-state index is 12.4. The summed E-state index contributed by atoms with van der Waals surface area (Å²) in [6.07, 6.45) is 2.46. The first-order chi connectivity index (χ1) is 12.0. The number of carboxylic acid groups (broad SMARTS) is 1. The maximum absolute atomic E-state index is 12.4. The third-order valence-corrected chi connectivity index (χ3v) is 4.00. The van der Waals surface area contributed by atoms with E-state index < -0.39 is 17.8 Å². The topological polar surface area (TPSA) is 111 Å². The summed E-state index contributed by atoms with van der Waals surface area (Å²) in [7, 11) is 0. The summed E-state index contributed by atoms with van der Waals surface area (Å²) in [6.45, 7) is -0.116. The number of hydrogen-bond donors (Lipinski definition) is 2. The van der Waals surface area contributed by atoms with Crippen molar-refractivity contribution >= 4 is 46.5 Å². The van der Waals surface area contributed by atoms with Crippen molar-refractivity contribution in [2.75, 3.05) is 6.54 Å². The van der Waals surface area contributed by atoms with Crippen LogP contribution in [0.5, 0.6) is 0 Å². The second-order valence-electron chi connectivity index (χ2n) is 4.89. The molecule has 0 radical (unpaired) electrons. The summed E-state index contributed by atoms with van der Waals surface area (Å²) in [6, 6.07) is 10.2. The Balaban J connectivity index is 2.17. The van der Waals surface area contributed by atoms with Crippen molar-refractivity contribution in [2.24, 2.45) is 0 Å². The van der Waals surface area contributed by atoms with Gasteiger partial charge in [0.25, 0.3) is 11.8 Å². The molecule has 0 atom stereocenters. The van der Waals surface area contributed by atoms with Crippen molar-refractivity contribution in [1.29, 1.82) is 0 Å². The van der Waals surface area contributed by atoms with E-state index in [4.69, 9.17) is 4.42 Å². The second kappa shape index (κ2) is 9.02. The van der Waals surface area contributed by atoms with E-state index in [1.807, 2.05) is 22.6 Å². The Hall–Kier alpha value is -2.62. The molecule has 0 aliphatic rings. The normalized spacial score (nSPS) is 11.0. The number of benzene rings is 1. The summed E-state index contributed by atoms with van der Waals surface area (Å²) >= 11 is 2.02. The molecule has 0 fully saturated rings. The summed E-state index contributed by atoms with van der Waals surface area (Å²) in [4.78, 5) is 35.1. The lowest BCUT2D eigenvalue weighted by Gasteiger charge is -2.11. The van der Waals surface area contributed by atoms with Crippen molar-refractivity contribution in [1.82, 2.24) is 10.6 Å². The minimum atomic E-state index is -1.28. The van der Waals surface area contributed by atoms with Gasteiger partial charge in [0.2, 0.25) is 0 Å². The number of nitrogens with one attached hydrogen (secondary N) is 2. The SMILES string of the molecule is O=C([O-])CCNC(=O)/C(=C\c1ccco1)NC(=O)c1ccccc1I. The summed E-state index contributed by atoms with van der Waals surface area (Å²) < 4.78 is 5.88. The Labute approximate surface area is 157 Å². The van der Waals surface area contributed by atoms with Gasteiger partial charge in [-0.15, -0.1) is 0 Å². The lowest BCUT2D eigenvalue weighted by molar-refractivity contribution is -0.305. The molecule has 0 bridgehead atoms.